The summed E-state index contributed by atoms with van der Waals surface area (Å²) in [5.74, 6) is -3.67. The smallest absolute Gasteiger partial charge is 0.329 e. The highest BCUT2D eigenvalue weighted by molar-refractivity contribution is 6.09. The SMILES string of the molecule is COc1ccccc1C1NC(C(=O)O)(c2ccccc2)C2C(=O)NC(=O)C12. The van der Waals surface area contributed by atoms with Crippen molar-refractivity contribution in [3.63, 3.8) is 0 Å². The van der Waals surface area contributed by atoms with Crippen molar-refractivity contribution in [3.05, 3.63) is 65.7 Å². The molecule has 0 bridgehead atoms. The molecule has 4 rings (SSSR count). The Labute approximate surface area is 155 Å². The van der Waals surface area contributed by atoms with Gasteiger partial charge in [-0.1, -0.05) is 48.5 Å². The summed E-state index contributed by atoms with van der Waals surface area (Å²) in [6, 6.07) is 14.9. The molecule has 2 aliphatic heterocycles. The molecule has 2 amide bonds. The lowest BCUT2D eigenvalue weighted by atomic mass is 9.75. The van der Waals surface area contributed by atoms with E-state index in [0.717, 1.165) is 0 Å². The number of carboxylic acid groups (broad SMARTS) is 1. The third-order valence-corrected chi connectivity index (χ3v) is 5.44. The van der Waals surface area contributed by atoms with Crippen LogP contribution in [0.15, 0.2) is 54.6 Å². The van der Waals surface area contributed by atoms with Gasteiger partial charge in [-0.3, -0.25) is 20.2 Å². The number of hydrogen-bond acceptors (Lipinski definition) is 5. The molecule has 138 valence electrons. The quantitative estimate of drug-likeness (QED) is 0.703. The average Bonchev–Trinajstić information content (AvgIpc) is 3.19. The topological polar surface area (TPSA) is 105 Å². The number of amides is 2. The second-order valence-electron chi connectivity index (χ2n) is 6.70. The van der Waals surface area contributed by atoms with Gasteiger partial charge in [0.15, 0.2) is 5.54 Å². The summed E-state index contributed by atoms with van der Waals surface area (Å²) in [5, 5.41) is 15.6. The number of aliphatic carboxylic acids is 1. The molecule has 2 aliphatic rings. The molecule has 2 heterocycles. The molecule has 2 aromatic rings. The number of fused-ring (bicyclic) bond motifs is 1. The first-order valence-corrected chi connectivity index (χ1v) is 8.55. The molecule has 27 heavy (non-hydrogen) atoms. The molecule has 3 N–H and O–H groups in total. The maximum Gasteiger partial charge on any atom is 0.329 e. The standard InChI is InChI=1S/C20H18N2O5/c1-27-13-10-6-5-9-12(13)16-14-15(18(24)21-17(14)23)20(22-16,19(25)26)11-7-3-2-4-8-11/h2-10,14-16,22H,1H3,(H,25,26)(H,21,23,24). The third-order valence-electron chi connectivity index (χ3n) is 5.44. The van der Waals surface area contributed by atoms with Crippen molar-refractivity contribution >= 4 is 17.8 Å². The van der Waals surface area contributed by atoms with Gasteiger partial charge in [0.1, 0.15) is 5.75 Å². The lowest BCUT2D eigenvalue weighted by Crippen LogP contribution is -2.52. The summed E-state index contributed by atoms with van der Waals surface area (Å²) < 4.78 is 5.40. The van der Waals surface area contributed by atoms with E-state index in [9.17, 15) is 19.5 Å². The number of carbonyl (C=O) groups excluding carboxylic acids is 2. The molecular formula is C20H18N2O5. The van der Waals surface area contributed by atoms with E-state index in [4.69, 9.17) is 4.74 Å². The maximum absolute atomic E-state index is 12.6. The Balaban J connectivity index is 1.93. The second-order valence-corrected chi connectivity index (χ2v) is 6.70. The zero-order valence-corrected chi connectivity index (χ0v) is 14.5. The number of ether oxygens (including phenoxy) is 1. The van der Waals surface area contributed by atoms with Gasteiger partial charge >= 0.3 is 5.97 Å². The van der Waals surface area contributed by atoms with Gasteiger partial charge in [0, 0.05) is 11.6 Å². The highest BCUT2D eigenvalue weighted by Crippen LogP contribution is 2.52. The minimum Gasteiger partial charge on any atom is -0.496 e. The molecule has 0 radical (unpaired) electrons. The number of carbonyl (C=O) groups is 3. The van der Waals surface area contributed by atoms with Crippen LogP contribution < -0.4 is 15.4 Å². The maximum atomic E-state index is 12.6. The van der Waals surface area contributed by atoms with Crippen LogP contribution in [0.25, 0.3) is 0 Å². The van der Waals surface area contributed by atoms with Crippen LogP contribution in [-0.2, 0) is 19.9 Å². The van der Waals surface area contributed by atoms with Gasteiger partial charge in [0.05, 0.1) is 18.9 Å². The van der Waals surface area contributed by atoms with Crippen molar-refractivity contribution in [2.45, 2.75) is 11.6 Å². The van der Waals surface area contributed by atoms with E-state index in [-0.39, 0.29) is 0 Å². The molecule has 2 aromatic carbocycles. The summed E-state index contributed by atoms with van der Waals surface area (Å²) in [4.78, 5) is 37.7. The van der Waals surface area contributed by atoms with E-state index in [1.54, 1.807) is 54.6 Å². The van der Waals surface area contributed by atoms with Crippen LogP contribution in [0.1, 0.15) is 17.2 Å². The fourth-order valence-electron chi connectivity index (χ4n) is 4.31. The van der Waals surface area contributed by atoms with Crippen LogP contribution in [0.4, 0.5) is 0 Å². The van der Waals surface area contributed by atoms with Crippen LogP contribution in [0.2, 0.25) is 0 Å². The Morgan fingerprint density at radius 2 is 1.70 bits per heavy atom. The predicted octanol–water partition coefficient (Wildman–Crippen LogP) is 1.21. The lowest BCUT2D eigenvalue weighted by molar-refractivity contribution is -0.149. The van der Waals surface area contributed by atoms with E-state index >= 15 is 0 Å². The molecule has 4 unspecified atom stereocenters. The average molecular weight is 366 g/mol. The Kier molecular flexibility index (Phi) is 3.96. The Morgan fingerprint density at radius 1 is 1.04 bits per heavy atom. The minimum absolute atomic E-state index is 0.426. The molecule has 0 aromatic heterocycles. The summed E-state index contributed by atoms with van der Waals surface area (Å²) in [7, 11) is 1.51. The minimum atomic E-state index is -1.71. The summed E-state index contributed by atoms with van der Waals surface area (Å²) in [5.41, 5.74) is -0.651. The Morgan fingerprint density at radius 3 is 2.37 bits per heavy atom. The normalized spacial score (nSPS) is 29.3. The van der Waals surface area contributed by atoms with E-state index in [0.29, 0.717) is 16.9 Å². The molecular weight excluding hydrogens is 348 g/mol. The van der Waals surface area contributed by atoms with Gasteiger partial charge in [0.2, 0.25) is 11.8 Å². The van der Waals surface area contributed by atoms with Crippen molar-refractivity contribution in [1.82, 2.24) is 10.6 Å². The molecule has 2 fully saturated rings. The largest absolute Gasteiger partial charge is 0.496 e. The van der Waals surface area contributed by atoms with Crippen LogP contribution in [0.3, 0.4) is 0 Å². The molecule has 0 aliphatic carbocycles. The van der Waals surface area contributed by atoms with Crippen LogP contribution >= 0.6 is 0 Å². The van der Waals surface area contributed by atoms with E-state index in [1.165, 1.54) is 7.11 Å². The van der Waals surface area contributed by atoms with Gasteiger partial charge in [0.25, 0.3) is 0 Å². The first-order chi connectivity index (χ1) is 13.0. The number of para-hydroxylation sites is 1. The lowest BCUT2D eigenvalue weighted by Gasteiger charge is -2.30. The monoisotopic (exact) mass is 366 g/mol. The second kappa shape index (κ2) is 6.21. The number of nitrogens with one attached hydrogen (secondary N) is 2. The van der Waals surface area contributed by atoms with Gasteiger partial charge in [-0.25, -0.2) is 4.79 Å². The zero-order chi connectivity index (χ0) is 19.2. The van der Waals surface area contributed by atoms with Crippen LogP contribution in [0.5, 0.6) is 5.75 Å². The Bertz CT molecular complexity index is 929. The zero-order valence-electron chi connectivity index (χ0n) is 14.5. The summed E-state index contributed by atoms with van der Waals surface area (Å²) in [6.07, 6.45) is 0. The Hall–Kier alpha value is -3.19. The fourth-order valence-corrected chi connectivity index (χ4v) is 4.31. The number of benzene rings is 2. The van der Waals surface area contributed by atoms with Crippen molar-refractivity contribution < 1.29 is 24.2 Å². The van der Waals surface area contributed by atoms with Crippen LogP contribution in [0, 0.1) is 11.8 Å². The van der Waals surface area contributed by atoms with Gasteiger partial charge in [-0.15, -0.1) is 0 Å². The van der Waals surface area contributed by atoms with Gasteiger partial charge < -0.3 is 9.84 Å². The number of imide groups is 1. The van der Waals surface area contributed by atoms with E-state index in [2.05, 4.69) is 10.6 Å². The highest BCUT2D eigenvalue weighted by Gasteiger charge is 2.67. The van der Waals surface area contributed by atoms with E-state index in [1.807, 2.05) is 0 Å². The summed E-state index contributed by atoms with van der Waals surface area (Å²) >= 11 is 0. The van der Waals surface area contributed by atoms with Crippen molar-refractivity contribution in [3.8, 4) is 5.75 Å². The molecule has 0 saturated carbocycles. The first kappa shape index (κ1) is 17.2. The van der Waals surface area contributed by atoms with Gasteiger partial charge in [-0.2, -0.15) is 0 Å². The van der Waals surface area contributed by atoms with Crippen molar-refractivity contribution in [1.29, 1.82) is 0 Å². The number of hydrogen-bond donors (Lipinski definition) is 3. The number of rotatable bonds is 4. The molecule has 4 atom stereocenters. The van der Waals surface area contributed by atoms with E-state index < -0.39 is 41.2 Å². The summed E-state index contributed by atoms with van der Waals surface area (Å²) in [6.45, 7) is 0. The molecule has 7 heteroatoms. The van der Waals surface area contributed by atoms with Gasteiger partial charge in [-0.05, 0) is 11.6 Å². The molecule has 0 spiro atoms. The first-order valence-electron chi connectivity index (χ1n) is 8.55. The van der Waals surface area contributed by atoms with Crippen LogP contribution in [-0.4, -0.2) is 30.0 Å². The third kappa shape index (κ3) is 2.35. The number of methoxy groups -OCH3 is 1. The predicted molar refractivity (Wildman–Crippen MR) is 94.8 cm³/mol. The highest BCUT2D eigenvalue weighted by atomic mass is 16.5. The van der Waals surface area contributed by atoms with Crippen molar-refractivity contribution in [2.24, 2.45) is 11.8 Å². The molecule has 7 nitrogen and oxygen atoms in total. The fraction of sp³-hybridized carbons (Fsp3) is 0.250. The van der Waals surface area contributed by atoms with Crippen molar-refractivity contribution in [2.75, 3.05) is 7.11 Å². The molecule has 2 saturated heterocycles. The number of carboxylic acids is 1.